The Morgan fingerprint density at radius 3 is 2.56 bits per heavy atom. The molecule has 0 saturated heterocycles. The molecule has 0 aliphatic heterocycles. The van der Waals surface area contributed by atoms with Crippen molar-refractivity contribution in [3.05, 3.63) is 15.6 Å². The van der Waals surface area contributed by atoms with E-state index in [9.17, 15) is 0 Å². The van der Waals surface area contributed by atoms with Crippen molar-refractivity contribution >= 4 is 11.3 Å². The zero-order valence-electron chi connectivity index (χ0n) is 10.8. The number of aromatic nitrogens is 1. The van der Waals surface area contributed by atoms with Gasteiger partial charge in [0.2, 0.25) is 0 Å². The van der Waals surface area contributed by atoms with Crippen LogP contribution in [0.4, 0.5) is 0 Å². The maximum absolute atomic E-state index is 6.16. The van der Waals surface area contributed by atoms with Gasteiger partial charge in [0.05, 0.1) is 17.3 Å². The summed E-state index contributed by atoms with van der Waals surface area (Å²) in [5, 5.41) is 1.03. The molecule has 0 fully saturated rings. The number of nitrogens with two attached hydrogens (primary N) is 1. The number of aryl methyl sites for hydroxylation is 2. The normalized spacial score (nSPS) is 14.1. The van der Waals surface area contributed by atoms with Crippen LogP contribution >= 0.6 is 11.3 Å². The molecule has 0 amide bonds. The van der Waals surface area contributed by atoms with E-state index in [0.717, 1.165) is 17.8 Å². The van der Waals surface area contributed by atoms with Gasteiger partial charge in [-0.15, -0.1) is 11.3 Å². The van der Waals surface area contributed by atoms with Gasteiger partial charge in [-0.25, -0.2) is 4.98 Å². The van der Waals surface area contributed by atoms with Gasteiger partial charge in [-0.3, -0.25) is 0 Å². The molecule has 2 N–H and O–H groups in total. The molecule has 0 aliphatic rings. The van der Waals surface area contributed by atoms with Crippen LogP contribution in [0.2, 0.25) is 0 Å². The van der Waals surface area contributed by atoms with E-state index in [0.29, 0.717) is 0 Å². The summed E-state index contributed by atoms with van der Waals surface area (Å²) in [5.41, 5.74) is 7.14. The van der Waals surface area contributed by atoms with E-state index in [1.807, 2.05) is 13.8 Å². The highest BCUT2D eigenvalue weighted by Gasteiger charge is 2.23. The molecule has 1 aromatic heterocycles. The number of hydrogen-bond acceptors (Lipinski definition) is 4. The molecular formula is C12H22N2OS. The largest absolute Gasteiger partial charge is 0.379 e. The van der Waals surface area contributed by atoms with Gasteiger partial charge in [0, 0.05) is 12.0 Å². The second kappa shape index (κ2) is 5.25. The lowest BCUT2D eigenvalue weighted by Gasteiger charge is -2.25. The number of methoxy groups -OCH3 is 1. The fourth-order valence-corrected chi connectivity index (χ4v) is 2.65. The van der Waals surface area contributed by atoms with Crippen LogP contribution in [0.15, 0.2) is 0 Å². The third-order valence-electron chi connectivity index (χ3n) is 2.83. The van der Waals surface area contributed by atoms with Gasteiger partial charge in [-0.05, 0) is 33.6 Å². The lowest BCUT2D eigenvalue weighted by atomic mass is 10.00. The van der Waals surface area contributed by atoms with Crippen LogP contribution in [-0.4, -0.2) is 17.7 Å². The Balaban J connectivity index is 2.76. The molecule has 1 rings (SSSR count). The van der Waals surface area contributed by atoms with Gasteiger partial charge in [-0.2, -0.15) is 0 Å². The molecule has 4 heteroatoms. The summed E-state index contributed by atoms with van der Waals surface area (Å²) in [7, 11) is 1.72. The molecule has 3 nitrogen and oxygen atoms in total. The maximum atomic E-state index is 6.16. The van der Waals surface area contributed by atoms with E-state index < -0.39 is 0 Å². The highest BCUT2D eigenvalue weighted by Crippen LogP contribution is 2.28. The minimum Gasteiger partial charge on any atom is -0.379 e. The lowest BCUT2D eigenvalue weighted by Crippen LogP contribution is -2.28. The van der Waals surface area contributed by atoms with Crippen LogP contribution in [0.1, 0.15) is 48.8 Å². The van der Waals surface area contributed by atoms with E-state index in [1.165, 1.54) is 10.6 Å². The number of thiazole rings is 1. The first-order valence-corrected chi connectivity index (χ1v) is 6.48. The first kappa shape index (κ1) is 13.6. The smallest absolute Gasteiger partial charge is 0.110 e. The van der Waals surface area contributed by atoms with E-state index in [2.05, 4.69) is 18.8 Å². The van der Waals surface area contributed by atoms with E-state index >= 15 is 0 Å². The quantitative estimate of drug-likeness (QED) is 0.863. The van der Waals surface area contributed by atoms with E-state index in [-0.39, 0.29) is 11.6 Å². The fourth-order valence-electron chi connectivity index (χ4n) is 1.64. The highest BCUT2D eigenvalue weighted by atomic mass is 32.1. The van der Waals surface area contributed by atoms with Crippen molar-refractivity contribution in [3.8, 4) is 0 Å². The van der Waals surface area contributed by atoms with Crippen LogP contribution in [0.3, 0.4) is 0 Å². The Morgan fingerprint density at radius 2 is 2.12 bits per heavy atom. The molecule has 1 unspecified atom stereocenters. The summed E-state index contributed by atoms with van der Waals surface area (Å²) < 4.78 is 5.39. The van der Waals surface area contributed by atoms with Gasteiger partial charge in [0.1, 0.15) is 5.01 Å². The monoisotopic (exact) mass is 242 g/mol. The minimum atomic E-state index is -0.189. The van der Waals surface area contributed by atoms with E-state index in [4.69, 9.17) is 10.5 Å². The molecule has 0 saturated carbocycles. The minimum absolute atomic E-state index is 0.0288. The average Bonchev–Trinajstić information content (AvgIpc) is 2.59. The van der Waals surface area contributed by atoms with Crippen LogP contribution in [-0.2, 0) is 11.2 Å². The number of nitrogens with zero attached hydrogens (tertiary/aromatic N) is 1. The van der Waals surface area contributed by atoms with Crippen molar-refractivity contribution in [1.29, 1.82) is 0 Å². The van der Waals surface area contributed by atoms with Crippen molar-refractivity contribution < 1.29 is 4.74 Å². The first-order chi connectivity index (χ1) is 7.39. The van der Waals surface area contributed by atoms with Crippen molar-refractivity contribution in [1.82, 2.24) is 4.98 Å². The van der Waals surface area contributed by atoms with Crippen molar-refractivity contribution in [3.63, 3.8) is 0 Å². The van der Waals surface area contributed by atoms with Gasteiger partial charge >= 0.3 is 0 Å². The van der Waals surface area contributed by atoms with Crippen LogP contribution < -0.4 is 5.73 Å². The summed E-state index contributed by atoms with van der Waals surface area (Å²) in [6, 6.07) is -0.0288. The van der Waals surface area contributed by atoms with Crippen LogP contribution in [0, 0.1) is 6.92 Å². The molecule has 1 aromatic rings. The molecule has 1 heterocycles. The Morgan fingerprint density at radius 1 is 1.50 bits per heavy atom. The zero-order valence-corrected chi connectivity index (χ0v) is 11.6. The third kappa shape index (κ3) is 3.27. The van der Waals surface area contributed by atoms with Gasteiger partial charge < -0.3 is 10.5 Å². The topological polar surface area (TPSA) is 48.1 Å². The second-order valence-electron chi connectivity index (χ2n) is 4.68. The molecule has 0 aliphatic carbocycles. The van der Waals surface area contributed by atoms with Crippen molar-refractivity contribution in [2.75, 3.05) is 7.11 Å². The summed E-state index contributed by atoms with van der Waals surface area (Å²) in [5.74, 6) is 0. The predicted molar refractivity (Wildman–Crippen MR) is 68.9 cm³/mol. The number of hydrogen-bond donors (Lipinski definition) is 1. The van der Waals surface area contributed by atoms with Gasteiger partial charge in [-0.1, -0.05) is 6.92 Å². The Labute approximate surface area is 102 Å². The zero-order chi connectivity index (χ0) is 12.3. The second-order valence-corrected chi connectivity index (χ2v) is 5.92. The Kier molecular flexibility index (Phi) is 4.47. The summed E-state index contributed by atoms with van der Waals surface area (Å²) in [6.45, 7) is 8.33. The summed E-state index contributed by atoms with van der Waals surface area (Å²) in [4.78, 5) is 5.87. The van der Waals surface area contributed by atoms with Crippen LogP contribution in [0.25, 0.3) is 0 Å². The van der Waals surface area contributed by atoms with Crippen molar-refractivity contribution in [2.45, 2.75) is 52.2 Å². The molecule has 1 atom stereocenters. The molecule has 0 radical (unpaired) electrons. The number of ether oxygens (including phenoxy) is 1. The molecule has 0 spiro atoms. The maximum Gasteiger partial charge on any atom is 0.110 e. The summed E-state index contributed by atoms with van der Waals surface area (Å²) in [6.07, 6.45) is 1.77. The molecule has 16 heavy (non-hydrogen) atoms. The first-order valence-electron chi connectivity index (χ1n) is 5.66. The van der Waals surface area contributed by atoms with E-state index in [1.54, 1.807) is 18.4 Å². The van der Waals surface area contributed by atoms with Gasteiger partial charge in [0.15, 0.2) is 0 Å². The summed E-state index contributed by atoms with van der Waals surface area (Å²) >= 11 is 1.71. The molecule has 0 bridgehead atoms. The van der Waals surface area contributed by atoms with Crippen LogP contribution in [0.5, 0.6) is 0 Å². The number of rotatable bonds is 5. The predicted octanol–water partition coefficient (Wildman–Crippen LogP) is 2.83. The Bertz CT molecular complexity index is 347. The SMILES string of the molecule is CCc1nc(C(N)CC(C)(C)OC)sc1C. The Hall–Kier alpha value is -0.450. The fraction of sp³-hybridized carbons (Fsp3) is 0.750. The lowest BCUT2D eigenvalue weighted by molar-refractivity contribution is 0.00993. The average molecular weight is 242 g/mol. The molecular weight excluding hydrogens is 220 g/mol. The van der Waals surface area contributed by atoms with Gasteiger partial charge in [0.25, 0.3) is 0 Å². The molecule has 0 aromatic carbocycles. The standard InChI is InChI=1S/C12H22N2OS/c1-6-10-8(2)16-11(14-10)9(13)7-12(3,4)15-5/h9H,6-7,13H2,1-5H3. The highest BCUT2D eigenvalue weighted by molar-refractivity contribution is 7.11. The molecule has 92 valence electrons. The third-order valence-corrected chi connectivity index (χ3v) is 3.97. The van der Waals surface area contributed by atoms with Crippen molar-refractivity contribution in [2.24, 2.45) is 5.73 Å².